The van der Waals surface area contributed by atoms with Crippen molar-refractivity contribution in [2.75, 3.05) is 5.32 Å². The molecular weight excluding hydrogens is 324 g/mol. The van der Waals surface area contributed by atoms with Crippen molar-refractivity contribution >= 4 is 28.3 Å². The highest BCUT2D eigenvalue weighted by atomic mass is 16.6. The zero-order chi connectivity index (χ0) is 18.1. The number of nitro benzene ring substituents is 1. The first-order chi connectivity index (χ1) is 11.9. The van der Waals surface area contributed by atoms with Gasteiger partial charge in [0.25, 0.3) is 5.91 Å². The molecule has 3 rings (SSSR count). The number of rotatable bonds is 3. The topological polar surface area (TPSA) is 102 Å². The number of non-ortho nitro benzene ring substituents is 1. The van der Waals surface area contributed by atoms with Gasteiger partial charge < -0.3 is 9.73 Å². The highest BCUT2D eigenvalue weighted by Crippen LogP contribution is 2.25. The van der Waals surface area contributed by atoms with Crippen molar-refractivity contribution in [2.24, 2.45) is 0 Å². The lowest BCUT2D eigenvalue weighted by molar-refractivity contribution is -0.383. The van der Waals surface area contributed by atoms with Gasteiger partial charge in [0, 0.05) is 17.0 Å². The number of nitrogens with zero attached hydrogens (tertiary/aromatic N) is 1. The summed E-state index contributed by atoms with van der Waals surface area (Å²) in [7, 11) is 0. The maximum atomic E-state index is 12.3. The molecule has 1 aromatic heterocycles. The van der Waals surface area contributed by atoms with Crippen molar-refractivity contribution in [2.45, 2.75) is 13.8 Å². The van der Waals surface area contributed by atoms with Crippen molar-refractivity contribution in [3.63, 3.8) is 0 Å². The van der Waals surface area contributed by atoms with Gasteiger partial charge in [0.05, 0.1) is 4.92 Å². The fourth-order valence-electron chi connectivity index (χ4n) is 2.44. The van der Waals surface area contributed by atoms with E-state index in [0.29, 0.717) is 10.9 Å². The van der Waals surface area contributed by atoms with Crippen LogP contribution in [0.15, 0.2) is 51.7 Å². The second-order valence-corrected chi connectivity index (χ2v) is 5.65. The summed E-state index contributed by atoms with van der Waals surface area (Å²) in [5.41, 5.74) is 1.06. The van der Waals surface area contributed by atoms with E-state index >= 15 is 0 Å². The van der Waals surface area contributed by atoms with Gasteiger partial charge in [-0.25, -0.2) is 4.79 Å². The molecule has 0 aliphatic heterocycles. The molecule has 0 spiro atoms. The Bertz CT molecular complexity index is 1070. The van der Waals surface area contributed by atoms with E-state index in [-0.39, 0.29) is 17.0 Å². The number of nitrogens with one attached hydrogen (secondary N) is 1. The monoisotopic (exact) mass is 338 g/mol. The third kappa shape index (κ3) is 3.12. The van der Waals surface area contributed by atoms with E-state index in [1.54, 1.807) is 18.2 Å². The highest BCUT2D eigenvalue weighted by Gasteiger charge is 2.17. The zero-order valence-electron chi connectivity index (χ0n) is 13.5. The van der Waals surface area contributed by atoms with Crippen LogP contribution in [-0.4, -0.2) is 10.8 Å². The molecule has 2 aromatic carbocycles. The fourth-order valence-corrected chi connectivity index (χ4v) is 2.44. The van der Waals surface area contributed by atoms with Crippen molar-refractivity contribution in [3.05, 3.63) is 79.7 Å². The molecule has 0 unspecified atom stereocenters. The lowest BCUT2D eigenvalue weighted by atomic mass is 10.1. The minimum absolute atomic E-state index is 0.0729. The van der Waals surface area contributed by atoms with Crippen molar-refractivity contribution in [1.82, 2.24) is 0 Å². The van der Waals surface area contributed by atoms with Crippen LogP contribution >= 0.6 is 0 Å². The van der Waals surface area contributed by atoms with Gasteiger partial charge in [0.1, 0.15) is 5.69 Å². The first kappa shape index (κ1) is 16.4. The standard InChI is InChI=1S/C18H14N2O5/c1-10-6-7-13(8-11(10)2)17(21)19-14-9-12-4-3-5-15(20(23)24)16(12)25-18(14)22/h3-9H,1-2H3,(H,19,21). The molecule has 0 saturated heterocycles. The molecule has 0 radical (unpaired) electrons. The summed E-state index contributed by atoms with van der Waals surface area (Å²) in [5.74, 6) is -0.458. The molecule has 0 bridgehead atoms. The van der Waals surface area contributed by atoms with Crippen LogP contribution in [-0.2, 0) is 0 Å². The Balaban J connectivity index is 2.00. The number of hydrogen-bond donors (Lipinski definition) is 1. The predicted octanol–water partition coefficient (Wildman–Crippen LogP) is 3.57. The molecule has 0 fully saturated rings. The van der Waals surface area contributed by atoms with E-state index in [1.165, 1.54) is 18.2 Å². The van der Waals surface area contributed by atoms with Gasteiger partial charge in [-0.2, -0.15) is 0 Å². The largest absolute Gasteiger partial charge is 0.414 e. The predicted molar refractivity (Wildman–Crippen MR) is 93.0 cm³/mol. The molecule has 7 heteroatoms. The third-order valence-corrected chi connectivity index (χ3v) is 3.95. The molecular formula is C18H14N2O5. The molecule has 0 aliphatic rings. The first-order valence-corrected chi connectivity index (χ1v) is 7.46. The molecule has 0 aliphatic carbocycles. The van der Waals surface area contributed by atoms with Gasteiger partial charge in [-0.3, -0.25) is 14.9 Å². The molecule has 7 nitrogen and oxygen atoms in total. The van der Waals surface area contributed by atoms with E-state index in [9.17, 15) is 19.7 Å². The SMILES string of the molecule is Cc1ccc(C(=O)Nc2cc3cccc([N+](=O)[O-])c3oc2=O)cc1C. The summed E-state index contributed by atoms with van der Waals surface area (Å²) < 4.78 is 5.05. The highest BCUT2D eigenvalue weighted by molar-refractivity contribution is 6.05. The van der Waals surface area contributed by atoms with Gasteiger partial charge in [-0.15, -0.1) is 0 Å². The third-order valence-electron chi connectivity index (χ3n) is 3.95. The maximum Gasteiger partial charge on any atom is 0.360 e. The first-order valence-electron chi connectivity index (χ1n) is 7.46. The number of carbonyl (C=O) groups is 1. The lowest BCUT2D eigenvalue weighted by Gasteiger charge is -2.07. The van der Waals surface area contributed by atoms with Crippen LogP contribution in [0.25, 0.3) is 11.0 Å². The van der Waals surface area contributed by atoms with Gasteiger partial charge in [0.2, 0.25) is 5.58 Å². The molecule has 126 valence electrons. The van der Waals surface area contributed by atoms with E-state index in [2.05, 4.69) is 5.32 Å². The smallest absolute Gasteiger partial charge is 0.360 e. The normalized spacial score (nSPS) is 10.6. The van der Waals surface area contributed by atoms with Crippen molar-refractivity contribution in [3.8, 4) is 0 Å². The van der Waals surface area contributed by atoms with Gasteiger partial charge in [-0.1, -0.05) is 18.2 Å². The Labute approximate surface area is 142 Å². The van der Waals surface area contributed by atoms with Crippen LogP contribution in [0.4, 0.5) is 11.4 Å². The molecule has 1 N–H and O–H groups in total. The van der Waals surface area contributed by atoms with Gasteiger partial charge in [0.15, 0.2) is 0 Å². The number of hydrogen-bond acceptors (Lipinski definition) is 5. The summed E-state index contributed by atoms with van der Waals surface area (Å²) >= 11 is 0. The molecule has 1 heterocycles. The Morgan fingerprint density at radius 2 is 1.88 bits per heavy atom. The number of aryl methyl sites for hydroxylation is 2. The minimum atomic E-state index is -0.848. The summed E-state index contributed by atoms with van der Waals surface area (Å²) in [6.45, 7) is 3.82. The van der Waals surface area contributed by atoms with E-state index in [0.717, 1.165) is 11.1 Å². The number of fused-ring (bicyclic) bond motifs is 1. The van der Waals surface area contributed by atoms with Crippen LogP contribution < -0.4 is 10.9 Å². The van der Waals surface area contributed by atoms with Crippen LogP contribution in [0.1, 0.15) is 21.5 Å². The number of carbonyl (C=O) groups excluding carboxylic acids is 1. The van der Waals surface area contributed by atoms with E-state index in [4.69, 9.17) is 4.42 Å². The molecule has 3 aromatic rings. The maximum absolute atomic E-state index is 12.3. The van der Waals surface area contributed by atoms with Crippen LogP contribution in [0.5, 0.6) is 0 Å². The summed E-state index contributed by atoms with van der Waals surface area (Å²) in [5, 5.41) is 13.9. The minimum Gasteiger partial charge on any atom is -0.414 e. The van der Waals surface area contributed by atoms with Crippen LogP contribution in [0.2, 0.25) is 0 Å². The molecule has 0 atom stereocenters. The van der Waals surface area contributed by atoms with E-state index < -0.39 is 16.5 Å². The average Bonchev–Trinajstić information content (AvgIpc) is 2.57. The van der Waals surface area contributed by atoms with Crippen molar-refractivity contribution < 1.29 is 14.1 Å². The Morgan fingerprint density at radius 3 is 2.56 bits per heavy atom. The van der Waals surface area contributed by atoms with Crippen molar-refractivity contribution in [1.29, 1.82) is 0 Å². The second kappa shape index (κ2) is 6.20. The second-order valence-electron chi connectivity index (χ2n) is 5.65. The quantitative estimate of drug-likeness (QED) is 0.447. The number of amides is 1. The number of para-hydroxylation sites is 1. The molecule has 0 saturated carbocycles. The fraction of sp³-hybridized carbons (Fsp3) is 0.111. The Hall–Kier alpha value is -3.48. The Kier molecular flexibility index (Phi) is 4.06. The van der Waals surface area contributed by atoms with Crippen LogP contribution in [0.3, 0.4) is 0 Å². The van der Waals surface area contributed by atoms with E-state index in [1.807, 2.05) is 19.9 Å². The number of benzene rings is 2. The average molecular weight is 338 g/mol. The summed E-state index contributed by atoms with van der Waals surface area (Å²) in [6.07, 6.45) is 0. The lowest BCUT2D eigenvalue weighted by Crippen LogP contribution is -2.18. The van der Waals surface area contributed by atoms with Crippen LogP contribution in [0, 0.1) is 24.0 Å². The summed E-state index contributed by atoms with van der Waals surface area (Å²) in [4.78, 5) is 34.8. The number of nitro groups is 1. The van der Waals surface area contributed by atoms with Gasteiger partial charge >= 0.3 is 11.3 Å². The van der Waals surface area contributed by atoms with Gasteiger partial charge in [-0.05, 0) is 43.2 Å². The zero-order valence-corrected chi connectivity index (χ0v) is 13.5. The summed E-state index contributed by atoms with van der Waals surface area (Å²) in [6, 6.07) is 10.9. The molecule has 1 amide bonds. The Morgan fingerprint density at radius 1 is 1.12 bits per heavy atom. The molecule has 25 heavy (non-hydrogen) atoms. The number of anilines is 1.